The molecule has 0 aromatic carbocycles. The first-order valence-corrected chi connectivity index (χ1v) is 9.33. The van der Waals surface area contributed by atoms with Crippen LogP contribution >= 0.6 is 0 Å². The third-order valence-electron chi connectivity index (χ3n) is 4.70. The number of rotatable bonds is 8. The number of aromatic nitrogens is 2. The van der Waals surface area contributed by atoms with Gasteiger partial charge in [-0.05, 0) is 32.2 Å². The van der Waals surface area contributed by atoms with Crippen molar-refractivity contribution in [3.63, 3.8) is 0 Å². The molecular formula is C17H28N6O6. The Morgan fingerprint density at radius 2 is 1.83 bits per heavy atom. The monoisotopic (exact) mass is 412 g/mol. The highest BCUT2D eigenvalue weighted by molar-refractivity contribution is 5.83. The second-order valence-corrected chi connectivity index (χ2v) is 7.09. The molecule has 3 rings (SSSR count). The van der Waals surface area contributed by atoms with E-state index >= 15 is 0 Å². The number of hydrogen-bond donors (Lipinski definition) is 7. The zero-order valence-corrected chi connectivity index (χ0v) is 16.2. The van der Waals surface area contributed by atoms with Crippen molar-refractivity contribution in [2.75, 3.05) is 42.6 Å². The zero-order valence-electron chi connectivity index (χ0n) is 16.2. The number of nitrogen functional groups attached to an aromatic ring is 1. The Morgan fingerprint density at radius 1 is 1.21 bits per heavy atom. The van der Waals surface area contributed by atoms with Crippen molar-refractivity contribution in [2.45, 2.75) is 37.5 Å². The minimum Gasteiger partial charge on any atom is -0.479 e. The van der Waals surface area contributed by atoms with Gasteiger partial charge in [-0.25, -0.2) is 9.59 Å². The number of nitrogens with two attached hydrogens (primary N) is 1. The molecule has 1 saturated carbocycles. The summed E-state index contributed by atoms with van der Waals surface area (Å²) in [5, 5.41) is 39.1. The average Bonchev–Trinajstić information content (AvgIpc) is 3.39. The molecule has 12 nitrogen and oxygen atoms in total. The normalized spacial score (nSPS) is 20.4. The smallest absolute Gasteiger partial charge is 0.335 e. The number of aliphatic carboxylic acids is 2. The van der Waals surface area contributed by atoms with Gasteiger partial charge in [-0.2, -0.15) is 9.97 Å². The number of aliphatic hydroxyl groups excluding tert-OH is 2. The fraction of sp³-hybridized carbons (Fsp3) is 0.647. The van der Waals surface area contributed by atoms with E-state index in [4.69, 9.17) is 26.2 Å². The molecular weight excluding hydrogens is 384 g/mol. The van der Waals surface area contributed by atoms with E-state index in [0.29, 0.717) is 17.8 Å². The van der Waals surface area contributed by atoms with Gasteiger partial charge in [-0.1, -0.05) is 0 Å². The maximum Gasteiger partial charge on any atom is 0.335 e. The van der Waals surface area contributed by atoms with Crippen molar-refractivity contribution < 1.29 is 30.0 Å². The lowest BCUT2D eigenvalue weighted by atomic mass is 10.2. The summed E-state index contributed by atoms with van der Waals surface area (Å²) in [6.45, 7) is 2.96. The molecule has 0 amide bonds. The van der Waals surface area contributed by atoms with Crippen LogP contribution in [-0.2, 0) is 9.59 Å². The van der Waals surface area contributed by atoms with Crippen molar-refractivity contribution in [1.82, 2.24) is 15.3 Å². The van der Waals surface area contributed by atoms with E-state index in [1.807, 2.05) is 13.1 Å². The topological polar surface area (TPSA) is 194 Å². The highest BCUT2D eigenvalue weighted by Gasteiger charge is 2.29. The molecule has 1 saturated heterocycles. The summed E-state index contributed by atoms with van der Waals surface area (Å²) in [4.78, 5) is 30.6. The average molecular weight is 412 g/mol. The van der Waals surface area contributed by atoms with Crippen LogP contribution in [0.25, 0.3) is 0 Å². The fourth-order valence-electron chi connectivity index (χ4n) is 2.73. The molecule has 1 aliphatic heterocycles. The summed E-state index contributed by atoms with van der Waals surface area (Å²) in [7, 11) is 2.01. The van der Waals surface area contributed by atoms with E-state index in [9.17, 15) is 9.59 Å². The summed E-state index contributed by atoms with van der Waals surface area (Å²) in [5.74, 6) is -0.603. The molecule has 1 aromatic rings. The fourth-order valence-corrected chi connectivity index (χ4v) is 2.73. The first-order valence-electron chi connectivity index (χ1n) is 9.33. The molecule has 1 aliphatic carbocycles. The number of hydrogen-bond acceptors (Lipinski definition) is 10. The van der Waals surface area contributed by atoms with E-state index in [1.165, 1.54) is 12.8 Å². The maximum atomic E-state index is 9.77. The molecule has 0 radical (unpaired) electrons. The predicted octanol–water partition coefficient (Wildman–Crippen LogP) is -1.44. The Kier molecular flexibility index (Phi) is 7.93. The van der Waals surface area contributed by atoms with Crippen molar-refractivity contribution >= 4 is 29.5 Å². The van der Waals surface area contributed by atoms with Crippen molar-refractivity contribution in [2.24, 2.45) is 5.92 Å². The molecule has 29 heavy (non-hydrogen) atoms. The largest absolute Gasteiger partial charge is 0.479 e. The van der Waals surface area contributed by atoms with Crippen molar-refractivity contribution in [1.29, 1.82) is 0 Å². The van der Waals surface area contributed by atoms with Crippen molar-refractivity contribution in [3.8, 4) is 0 Å². The summed E-state index contributed by atoms with van der Waals surface area (Å²) in [6, 6.07) is 2.40. The third-order valence-corrected chi connectivity index (χ3v) is 4.70. The lowest BCUT2D eigenvalue weighted by Gasteiger charge is -2.18. The van der Waals surface area contributed by atoms with Gasteiger partial charge < -0.3 is 41.7 Å². The standard InChI is InChI=1S/C13H22N6.C4H6O6/c1-15-10-4-5-19(8-10)12-6-11(14)17-13(18-12)16-7-9-2-3-9;5-1(3(7)8)2(6)4(9)10/h6,9-10,15H,2-5,7-8H2,1H3,(H3,14,16,17,18);1-2,5-6H,(H,7,8)(H,9,10)/t10-;/m1./s1. The second kappa shape index (κ2) is 10.2. The van der Waals surface area contributed by atoms with Gasteiger partial charge in [0, 0.05) is 31.7 Å². The highest BCUT2D eigenvalue weighted by atomic mass is 16.4. The Balaban J connectivity index is 0.000000257. The summed E-state index contributed by atoms with van der Waals surface area (Å²) < 4.78 is 0. The van der Waals surface area contributed by atoms with Gasteiger partial charge in [0.15, 0.2) is 12.2 Å². The lowest BCUT2D eigenvalue weighted by Crippen LogP contribution is -2.39. The van der Waals surface area contributed by atoms with Gasteiger partial charge in [0.1, 0.15) is 11.6 Å². The number of carboxylic acids is 2. The minimum atomic E-state index is -2.27. The molecule has 2 heterocycles. The molecule has 2 unspecified atom stereocenters. The third kappa shape index (κ3) is 7.00. The minimum absolute atomic E-state index is 0.538. The number of aliphatic hydroxyl groups is 2. The van der Waals surface area contributed by atoms with Gasteiger partial charge in [-0.15, -0.1) is 0 Å². The molecule has 2 aliphatic rings. The maximum absolute atomic E-state index is 9.77. The summed E-state index contributed by atoms with van der Waals surface area (Å²) in [6.07, 6.45) is -0.753. The van der Waals surface area contributed by atoms with Crippen LogP contribution in [0.15, 0.2) is 6.07 Å². The predicted molar refractivity (Wildman–Crippen MR) is 105 cm³/mol. The summed E-state index contributed by atoms with van der Waals surface area (Å²) >= 11 is 0. The molecule has 1 aromatic heterocycles. The van der Waals surface area contributed by atoms with E-state index in [-0.39, 0.29) is 0 Å². The lowest BCUT2D eigenvalue weighted by molar-refractivity contribution is -0.165. The molecule has 162 valence electrons. The van der Waals surface area contributed by atoms with Crippen LogP contribution in [0.4, 0.5) is 17.6 Å². The Bertz CT molecular complexity index is 698. The Morgan fingerprint density at radius 3 is 2.31 bits per heavy atom. The van der Waals surface area contributed by atoms with Crippen molar-refractivity contribution in [3.05, 3.63) is 6.07 Å². The van der Waals surface area contributed by atoms with E-state index in [1.54, 1.807) is 0 Å². The van der Waals surface area contributed by atoms with Crippen LogP contribution in [0.5, 0.6) is 0 Å². The number of anilines is 3. The van der Waals surface area contributed by atoms with Gasteiger partial charge >= 0.3 is 11.9 Å². The second-order valence-electron chi connectivity index (χ2n) is 7.09. The number of nitrogens with one attached hydrogen (secondary N) is 2. The van der Waals surface area contributed by atoms with Crippen LogP contribution in [0.3, 0.4) is 0 Å². The van der Waals surface area contributed by atoms with Crippen LogP contribution in [0.2, 0.25) is 0 Å². The Labute approximate surface area is 167 Å². The van der Waals surface area contributed by atoms with E-state index in [2.05, 4.69) is 25.5 Å². The number of carboxylic acid groups (broad SMARTS) is 2. The van der Waals surface area contributed by atoms with E-state index in [0.717, 1.165) is 37.8 Å². The molecule has 12 heteroatoms. The molecule has 0 spiro atoms. The first kappa shape index (κ1) is 22.6. The van der Waals surface area contributed by atoms with E-state index < -0.39 is 24.1 Å². The summed E-state index contributed by atoms with van der Waals surface area (Å²) in [5.41, 5.74) is 5.88. The van der Waals surface area contributed by atoms with Gasteiger partial charge in [-0.3, -0.25) is 0 Å². The van der Waals surface area contributed by atoms with Gasteiger partial charge in [0.05, 0.1) is 0 Å². The molecule has 3 atom stereocenters. The molecule has 0 bridgehead atoms. The van der Waals surface area contributed by atoms with Crippen LogP contribution in [0, 0.1) is 5.92 Å². The van der Waals surface area contributed by atoms with Crippen LogP contribution in [-0.4, -0.2) is 87.3 Å². The number of likely N-dealkylation sites (N-methyl/N-ethyl adjacent to an activating group) is 1. The number of nitrogens with zero attached hydrogens (tertiary/aromatic N) is 3. The van der Waals surface area contributed by atoms with Crippen LogP contribution < -0.4 is 21.3 Å². The molecule has 2 fully saturated rings. The molecule has 8 N–H and O–H groups in total. The number of carbonyl (C=O) groups is 2. The highest BCUT2D eigenvalue weighted by Crippen LogP contribution is 2.29. The Hall–Kier alpha value is -2.70. The van der Waals surface area contributed by atoms with Gasteiger partial charge in [0.2, 0.25) is 5.95 Å². The SMILES string of the molecule is CN[C@@H]1CCN(c2cc(N)nc(NCC3CC3)n2)C1.O=C(O)C(O)C(O)C(=O)O. The quantitative estimate of drug-likeness (QED) is 0.263. The zero-order chi connectivity index (χ0) is 21.6. The first-order chi connectivity index (χ1) is 13.7. The van der Waals surface area contributed by atoms with Crippen LogP contribution in [0.1, 0.15) is 19.3 Å². The van der Waals surface area contributed by atoms with Gasteiger partial charge in [0.25, 0.3) is 0 Å².